The van der Waals surface area contributed by atoms with Gasteiger partial charge in [-0.2, -0.15) is 0 Å². The molecular weight excluding hydrogens is 465 g/mol. The van der Waals surface area contributed by atoms with E-state index in [1.165, 1.54) is 0 Å². The van der Waals surface area contributed by atoms with E-state index < -0.39 is 0 Å². The van der Waals surface area contributed by atoms with Crippen LogP contribution in [0.5, 0.6) is 23.0 Å². The number of halogens is 2. The number of rotatable bonds is 7. The van der Waals surface area contributed by atoms with E-state index >= 15 is 0 Å². The average Bonchev–Trinajstić information content (AvgIpc) is 2.78. The Hall–Kier alpha value is -2.67. The lowest BCUT2D eigenvalue weighted by Crippen LogP contribution is -2.37. The van der Waals surface area contributed by atoms with Crippen LogP contribution in [0, 0.1) is 0 Å². The van der Waals surface area contributed by atoms with E-state index in [0.29, 0.717) is 48.6 Å². The number of benzene rings is 2. The normalized spacial score (nSPS) is 17.1. The minimum atomic E-state index is -0.124. The largest absolute Gasteiger partial charge is 0.503 e. The molecule has 0 aliphatic carbocycles. The fourth-order valence-electron chi connectivity index (χ4n) is 3.62. The van der Waals surface area contributed by atoms with E-state index in [1.54, 1.807) is 36.4 Å². The lowest BCUT2D eigenvalue weighted by atomic mass is 9.94. The van der Waals surface area contributed by atoms with Crippen molar-refractivity contribution in [3.05, 3.63) is 56.6 Å². The second kappa shape index (κ2) is 11.0. The Morgan fingerprint density at radius 2 is 1.27 bits per heavy atom. The molecule has 8 heteroatoms. The maximum absolute atomic E-state index is 13.3. The molecule has 1 fully saturated rings. The number of hydrogen-bond acceptors (Lipinski definition) is 6. The van der Waals surface area contributed by atoms with E-state index in [4.69, 9.17) is 32.7 Å². The van der Waals surface area contributed by atoms with Gasteiger partial charge in [0.25, 0.3) is 0 Å². The molecule has 176 valence electrons. The molecular formula is C25H27Cl2NO5. The van der Waals surface area contributed by atoms with Crippen LogP contribution in [0.3, 0.4) is 0 Å². The summed E-state index contributed by atoms with van der Waals surface area (Å²) >= 11 is 12.3. The topological polar surface area (TPSA) is 79.2 Å². The van der Waals surface area contributed by atoms with Crippen molar-refractivity contribution < 1.29 is 24.5 Å². The number of likely N-dealkylation sites (N-methyl/N-ethyl adjacent to an activating group) is 1. The van der Waals surface area contributed by atoms with Gasteiger partial charge in [-0.05, 0) is 67.9 Å². The van der Waals surface area contributed by atoms with Crippen molar-refractivity contribution in [2.24, 2.45) is 0 Å². The molecule has 3 rings (SSSR count). The monoisotopic (exact) mass is 491 g/mol. The summed E-state index contributed by atoms with van der Waals surface area (Å²) in [6, 6.07) is 6.52. The van der Waals surface area contributed by atoms with Gasteiger partial charge >= 0.3 is 0 Å². The van der Waals surface area contributed by atoms with Gasteiger partial charge in [0.05, 0.1) is 23.3 Å². The van der Waals surface area contributed by atoms with Crippen LogP contribution >= 0.6 is 23.2 Å². The van der Waals surface area contributed by atoms with Crippen LogP contribution in [0.1, 0.15) is 31.9 Å². The molecule has 1 saturated heterocycles. The fraction of sp³-hybridized carbons (Fsp3) is 0.320. The van der Waals surface area contributed by atoms with Crippen molar-refractivity contribution in [3.63, 3.8) is 0 Å². The van der Waals surface area contributed by atoms with Crippen LogP contribution in [0.2, 0.25) is 10.0 Å². The molecule has 33 heavy (non-hydrogen) atoms. The molecule has 0 bridgehead atoms. The Morgan fingerprint density at radius 1 is 0.848 bits per heavy atom. The second-order valence-electron chi connectivity index (χ2n) is 7.54. The lowest BCUT2D eigenvalue weighted by Gasteiger charge is -2.28. The Labute approximate surface area is 203 Å². The minimum Gasteiger partial charge on any atom is -0.503 e. The number of carbonyl (C=O) groups is 1. The van der Waals surface area contributed by atoms with Gasteiger partial charge in [0, 0.05) is 24.2 Å². The first-order valence-electron chi connectivity index (χ1n) is 10.8. The molecule has 2 N–H and O–H groups in total. The van der Waals surface area contributed by atoms with Gasteiger partial charge in [0.15, 0.2) is 28.8 Å². The molecule has 6 nitrogen and oxygen atoms in total. The highest BCUT2D eigenvalue weighted by molar-refractivity contribution is 6.32. The van der Waals surface area contributed by atoms with Crippen molar-refractivity contribution in [2.45, 2.75) is 20.8 Å². The van der Waals surface area contributed by atoms with Gasteiger partial charge < -0.3 is 19.7 Å². The molecule has 0 unspecified atom stereocenters. The molecule has 0 aromatic heterocycles. The summed E-state index contributed by atoms with van der Waals surface area (Å²) in [4.78, 5) is 15.5. The Balaban J connectivity index is 2.01. The number of phenols is 2. The standard InChI is InChI=1S/C25H27Cl2NO5/c1-4-28-13-17(7-15-9-19(26)24(30)21(11-15)32-5-2)23(29)18(14-28)8-16-10-20(27)25(31)22(12-16)33-6-3/h7-12,30-31H,4-6,13-14H2,1-3H3/b17-7+,18-8+. The minimum absolute atomic E-state index is 0.0935. The summed E-state index contributed by atoms with van der Waals surface area (Å²) in [6.45, 7) is 8.11. The van der Waals surface area contributed by atoms with E-state index in [9.17, 15) is 15.0 Å². The summed E-state index contributed by atoms with van der Waals surface area (Å²) in [5, 5.41) is 20.5. The van der Waals surface area contributed by atoms with Gasteiger partial charge in [-0.1, -0.05) is 30.1 Å². The van der Waals surface area contributed by atoms with Crippen LogP contribution in [0.4, 0.5) is 0 Å². The Morgan fingerprint density at radius 3 is 1.64 bits per heavy atom. The predicted octanol–water partition coefficient (Wildman–Crippen LogP) is 5.57. The first kappa shape index (κ1) is 25.0. The second-order valence-corrected chi connectivity index (χ2v) is 8.35. The SMILES string of the molecule is CCOc1cc(/C=C2\CN(CC)C/C(=C\c3cc(Cl)c(O)c(OCC)c3)C2=O)cc(Cl)c1O. The van der Waals surface area contributed by atoms with Crippen LogP contribution in [0.15, 0.2) is 35.4 Å². The molecule has 0 spiro atoms. The third-order valence-electron chi connectivity index (χ3n) is 5.20. The highest BCUT2D eigenvalue weighted by Crippen LogP contribution is 2.37. The van der Waals surface area contributed by atoms with Crippen LogP contribution in [-0.4, -0.2) is 53.7 Å². The van der Waals surface area contributed by atoms with Gasteiger partial charge in [0.1, 0.15) is 0 Å². The van der Waals surface area contributed by atoms with Gasteiger partial charge in [-0.25, -0.2) is 0 Å². The first-order valence-corrected chi connectivity index (χ1v) is 11.5. The van der Waals surface area contributed by atoms with Crippen molar-refractivity contribution in [2.75, 3.05) is 32.8 Å². The molecule has 2 aromatic rings. The van der Waals surface area contributed by atoms with E-state index in [2.05, 4.69) is 4.90 Å². The Kier molecular flexibility index (Phi) is 8.30. The molecule has 1 aliphatic rings. The number of likely N-dealkylation sites (tertiary alicyclic amines) is 1. The van der Waals surface area contributed by atoms with Crippen LogP contribution in [-0.2, 0) is 4.79 Å². The zero-order valence-electron chi connectivity index (χ0n) is 18.8. The number of carbonyl (C=O) groups excluding carboxylic acids is 1. The first-order chi connectivity index (χ1) is 15.8. The summed E-state index contributed by atoms with van der Waals surface area (Å²) in [6.07, 6.45) is 3.53. The summed E-state index contributed by atoms with van der Waals surface area (Å²) in [5.74, 6) is 0.196. The van der Waals surface area contributed by atoms with E-state index in [1.807, 2.05) is 20.8 Å². The molecule has 1 heterocycles. The molecule has 0 saturated carbocycles. The quantitative estimate of drug-likeness (QED) is 0.492. The molecule has 0 atom stereocenters. The number of Topliss-reactive ketones (excluding diaryl/α,β-unsaturated/α-hetero) is 1. The molecule has 0 amide bonds. The summed E-state index contributed by atoms with van der Waals surface area (Å²) in [5.41, 5.74) is 2.50. The van der Waals surface area contributed by atoms with Crippen molar-refractivity contribution in [1.82, 2.24) is 4.90 Å². The van der Waals surface area contributed by atoms with Gasteiger partial charge in [-0.15, -0.1) is 0 Å². The maximum atomic E-state index is 13.3. The number of phenolic OH excluding ortho intramolecular Hbond substituents is 2. The van der Waals surface area contributed by atoms with Crippen molar-refractivity contribution in [3.8, 4) is 23.0 Å². The molecule has 1 aliphatic heterocycles. The fourth-order valence-corrected chi connectivity index (χ4v) is 4.06. The maximum Gasteiger partial charge on any atom is 0.187 e. The highest BCUT2D eigenvalue weighted by atomic mass is 35.5. The smallest absolute Gasteiger partial charge is 0.187 e. The zero-order chi connectivity index (χ0) is 24.1. The van der Waals surface area contributed by atoms with Gasteiger partial charge in [-0.3, -0.25) is 9.69 Å². The summed E-state index contributed by atoms with van der Waals surface area (Å²) in [7, 11) is 0. The van der Waals surface area contributed by atoms with Crippen molar-refractivity contribution >= 4 is 41.1 Å². The third-order valence-corrected chi connectivity index (χ3v) is 5.78. The van der Waals surface area contributed by atoms with E-state index in [0.717, 1.165) is 6.54 Å². The van der Waals surface area contributed by atoms with Crippen LogP contribution in [0.25, 0.3) is 12.2 Å². The predicted molar refractivity (Wildman–Crippen MR) is 132 cm³/mol. The molecule has 2 aromatic carbocycles. The number of hydrogen-bond donors (Lipinski definition) is 2. The van der Waals surface area contributed by atoms with Gasteiger partial charge in [0.2, 0.25) is 0 Å². The van der Waals surface area contributed by atoms with Crippen LogP contribution < -0.4 is 9.47 Å². The number of ether oxygens (including phenoxy) is 2. The summed E-state index contributed by atoms with van der Waals surface area (Å²) < 4.78 is 10.9. The number of ketones is 1. The number of aromatic hydroxyl groups is 2. The molecule has 0 radical (unpaired) electrons. The number of piperidine rings is 1. The lowest BCUT2D eigenvalue weighted by molar-refractivity contribution is -0.113. The average molecular weight is 492 g/mol. The van der Waals surface area contributed by atoms with E-state index in [-0.39, 0.29) is 38.8 Å². The van der Waals surface area contributed by atoms with Crippen molar-refractivity contribution in [1.29, 1.82) is 0 Å². The highest BCUT2D eigenvalue weighted by Gasteiger charge is 2.26. The third kappa shape index (κ3) is 5.82. The Bertz CT molecular complexity index is 1030. The number of nitrogens with zero attached hydrogens (tertiary/aromatic N) is 1. The zero-order valence-corrected chi connectivity index (χ0v) is 20.3.